The number of carbonyl (C=O) groups is 1. The van der Waals surface area contributed by atoms with Crippen LogP contribution in [0, 0.1) is 5.92 Å². The van der Waals surface area contributed by atoms with E-state index in [1.54, 1.807) is 36.4 Å². The van der Waals surface area contributed by atoms with Crippen LogP contribution in [0.25, 0.3) is 0 Å². The quantitative estimate of drug-likeness (QED) is 0.491. The molecule has 2 N–H and O–H groups in total. The number of hydrogen-bond donors (Lipinski definition) is 2. The molecule has 3 rings (SSSR count). The van der Waals surface area contributed by atoms with Crippen LogP contribution >= 0.6 is 0 Å². The second-order valence-corrected chi connectivity index (χ2v) is 12.7. The Morgan fingerprint density at radius 1 is 1.20 bits per heavy atom. The van der Waals surface area contributed by atoms with Gasteiger partial charge in [-0.05, 0) is 76.1 Å². The molecule has 1 aliphatic heterocycles. The Morgan fingerprint density at radius 3 is 2.60 bits per heavy atom. The molecule has 0 aliphatic carbocycles. The number of amides is 1. The molecule has 1 aromatic carbocycles. The van der Waals surface area contributed by atoms with Gasteiger partial charge in [-0.3, -0.25) is 19.4 Å². The Kier molecular flexibility index (Phi) is 11.7. The number of nitrogens with zero attached hydrogens (tertiary/aromatic N) is 3. The zero-order valence-electron chi connectivity index (χ0n) is 24.2. The maximum absolute atomic E-state index is 14.0. The summed E-state index contributed by atoms with van der Waals surface area (Å²) in [4.78, 5) is 22.0. The summed E-state index contributed by atoms with van der Waals surface area (Å²) in [6.45, 7) is 7.93. The summed E-state index contributed by atoms with van der Waals surface area (Å²) in [6.07, 6.45) is 6.87. The smallest absolute Gasteiger partial charge is 0.258 e. The van der Waals surface area contributed by atoms with Gasteiger partial charge in [0.1, 0.15) is 5.75 Å². The Morgan fingerprint density at radius 2 is 1.93 bits per heavy atom. The Bertz CT molecular complexity index is 1200. The lowest BCUT2D eigenvalue weighted by Crippen LogP contribution is -2.47. The van der Waals surface area contributed by atoms with E-state index in [1.807, 2.05) is 26.1 Å². The summed E-state index contributed by atoms with van der Waals surface area (Å²) >= 11 is 0. The topological polar surface area (TPSA) is 121 Å². The highest BCUT2D eigenvalue weighted by atomic mass is 32.2. The monoisotopic (exact) mass is 576 g/mol. The maximum atomic E-state index is 14.0. The molecule has 222 valence electrons. The van der Waals surface area contributed by atoms with E-state index in [0.717, 1.165) is 37.6 Å². The van der Waals surface area contributed by atoms with E-state index in [2.05, 4.69) is 21.5 Å². The summed E-state index contributed by atoms with van der Waals surface area (Å²) in [7, 11) is -1.50. The van der Waals surface area contributed by atoms with Gasteiger partial charge in [0.25, 0.3) is 5.91 Å². The highest BCUT2D eigenvalue weighted by Crippen LogP contribution is 2.29. The highest BCUT2D eigenvalue weighted by molar-refractivity contribution is 7.92. The van der Waals surface area contributed by atoms with Crippen LogP contribution in [0.3, 0.4) is 0 Å². The third kappa shape index (κ3) is 9.72. The van der Waals surface area contributed by atoms with Crippen LogP contribution in [0.15, 0.2) is 42.7 Å². The third-order valence-corrected chi connectivity index (χ3v) is 7.65. The van der Waals surface area contributed by atoms with Gasteiger partial charge in [-0.15, -0.1) is 0 Å². The Labute approximate surface area is 238 Å². The molecular weight excluding hydrogens is 532 g/mol. The minimum absolute atomic E-state index is 0.0543. The van der Waals surface area contributed by atoms with Crippen LogP contribution < -0.4 is 9.46 Å². The first-order valence-corrected chi connectivity index (χ1v) is 15.7. The molecule has 0 saturated heterocycles. The van der Waals surface area contributed by atoms with E-state index >= 15 is 0 Å². The summed E-state index contributed by atoms with van der Waals surface area (Å²) in [5, 5.41) is 10.1. The average Bonchev–Trinajstić information content (AvgIpc) is 2.90. The van der Waals surface area contributed by atoms with Crippen molar-refractivity contribution in [1.29, 1.82) is 0 Å². The number of rotatable bonds is 8. The molecule has 0 fully saturated rings. The van der Waals surface area contributed by atoms with Gasteiger partial charge >= 0.3 is 0 Å². The molecule has 1 amide bonds. The predicted octanol–water partition coefficient (Wildman–Crippen LogP) is 3.38. The van der Waals surface area contributed by atoms with Gasteiger partial charge in [0.05, 0.1) is 36.7 Å². The molecule has 0 bridgehead atoms. The number of nitrogens with one attached hydrogen (secondary N) is 1. The number of aromatic nitrogens is 1. The largest absolute Gasteiger partial charge is 0.490 e. The number of aliphatic hydroxyl groups excluding tert-OH is 1. The number of carbonyl (C=O) groups excluding carboxylic acids is 1. The number of sulfonamides is 1. The van der Waals surface area contributed by atoms with Crippen molar-refractivity contribution in [2.45, 2.75) is 64.8 Å². The lowest BCUT2D eigenvalue weighted by atomic mass is 10.0. The normalized spacial score (nSPS) is 22.2. The Balaban J connectivity index is 1.92. The lowest BCUT2D eigenvalue weighted by molar-refractivity contribution is -0.0177. The highest BCUT2D eigenvalue weighted by Gasteiger charge is 2.30. The summed E-state index contributed by atoms with van der Waals surface area (Å²) in [5.41, 5.74) is 1.67. The van der Waals surface area contributed by atoms with Crippen LogP contribution in [-0.4, -0.2) is 92.1 Å². The zero-order chi connectivity index (χ0) is 29.3. The number of aliphatic hydroxyl groups is 1. The number of hydrogen-bond acceptors (Lipinski definition) is 8. The van der Waals surface area contributed by atoms with Crippen molar-refractivity contribution in [3.05, 3.63) is 53.9 Å². The van der Waals surface area contributed by atoms with Crippen LogP contribution in [0.4, 0.5) is 5.69 Å². The van der Waals surface area contributed by atoms with Crippen molar-refractivity contribution >= 4 is 21.6 Å². The first kappa shape index (κ1) is 31.8. The fourth-order valence-electron chi connectivity index (χ4n) is 4.83. The van der Waals surface area contributed by atoms with Gasteiger partial charge in [-0.1, -0.05) is 6.92 Å². The van der Waals surface area contributed by atoms with Crippen molar-refractivity contribution in [1.82, 2.24) is 14.8 Å². The molecule has 2 aromatic rings. The number of benzene rings is 1. The second-order valence-electron chi connectivity index (χ2n) is 10.9. The number of likely N-dealkylation sites (N-methyl/N-ethyl adjacent to an activating group) is 1. The summed E-state index contributed by atoms with van der Waals surface area (Å²) in [5.74, 6) is -0.00334. The van der Waals surface area contributed by atoms with Crippen LogP contribution in [0.1, 0.15) is 56.0 Å². The third-order valence-electron chi connectivity index (χ3n) is 7.05. The van der Waals surface area contributed by atoms with Crippen LogP contribution in [-0.2, 0) is 21.3 Å². The fourth-order valence-corrected chi connectivity index (χ4v) is 5.39. The molecule has 2 heterocycles. The zero-order valence-corrected chi connectivity index (χ0v) is 25.1. The molecule has 1 aliphatic rings. The molecule has 40 heavy (non-hydrogen) atoms. The molecule has 0 spiro atoms. The van der Waals surface area contributed by atoms with Gasteiger partial charge in [0.15, 0.2) is 0 Å². The van der Waals surface area contributed by atoms with Crippen molar-refractivity contribution in [2.24, 2.45) is 5.92 Å². The molecule has 11 heteroatoms. The van der Waals surface area contributed by atoms with Crippen LogP contribution in [0.5, 0.6) is 5.75 Å². The van der Waals surface area contributed by atoms with Crippen LogP contribution in [0.2, 0.25) is 0 Å². The van der Waals surface area contributed by atoms with E-state index in [4.69, 9.17) is 9.47 Å². The average molecular weight is 577 g/mol. The molecule has 1 aromatic heterocycles. The van der Waals surface area contributed by atoms with Crippen molar-refractivity contribution < 1.29 is 27.8 Å². The second kappa shape index (κ2) is 14.8. The number of pyridine rings is 1. The molecule has 10 nitrogen and oxygen atoms in total. The van der Waals surface area contributed by atoms with Gasteiger partial charge in [-0.25, -0.2) is 8.42 Å². The minimum atomic E-state index is -3.55. The molecular formula is C29H44N4O6S. The first-order chi connectivity index (χ1) is 19.0. The van der Waals surface area contributed by atoms with E-state index in [-0.39, 0.29) is 41.9 Å². The van der Waals surface area contributed by atoms with Gasteiger partial charge in [0.2, 0.25) is 10.0 Å². The van der Waals surface area contributed by atoms with Crippen molar-refractivity contribution in [3.8, 4) is 5.75 Å². The fraction of sp³-hybridized carbons (Fsp3) is 0.586. The molecule has 0 unspecified atom stereocenters. The standard InChI is InChI=1S/C29H44N4O6S/c1-21-17-33(22(2)20-34)29(35)26-16-25(31-40(5,36)37)9-10-27(26)39-23(3)8-6-7-15-38-28(21)19-32(4)18-24-11-13-30-14-12-24/h9-14,16,21-23,28,31,34H,6-8,15,17-20H2,1-5H3/t21-,22+,23-,28+/m0/s1. The van der Waals surface area contributed by atoms with Gasteiger partial charge < -0.3 is 19.5 Å². The van der Waals surface area contributed by atoms with Gasteiger partial charge in [-0.2, -0.15) is 0 Å². The maximum Gasteiger partial charge on any atom is 0.258 e. The molecule has 0 saturated carbocycles. The van der Waals surface area contributed by atoms with E-state index in [1.165, 1.54) is 6.07 Å². The SMILES string of the molecule is C[C@H](CO)N1C[C@H](C)[C@@H](CN(C)Cc2ccncc2)OCCCC[C@H](C)Oc2ccc(NS(C)(=O)=O)cc2C1=O. The Hall–Kier alpha value is -2.73. The first-order valence-electron chi connectivity index (χ1n) is 13.9. The van der Waals surface area contributed by atoms with E-state index < -0.39 is 16.1 Å². The number of ether oxygens (including phenoxy) is 2. The van der Waals surface area contributed by atoms with E-state index in [9.17, 15) is 18.3 Å². The van der Waals surface area contributed by atoms with Gasteiger partial charge in [0, 0.05) is 50.2 Å². The minimum Gasteiger partial charge on any atom is -0.490 e. The predicted molar refractivity (Wildman–Crippen MR) is 156 cm³/mol. The lowest BCUT2D eigenvalue weighted by Gasteiger charge is -2.36. The van der Waals surface area contributed by atoms with E-state index in [0.29, 0.717) is 25.4 Å². The number of fused-ring (bicyclic) bond motifs is 1. The van der Waals surface area contributed by atoms with Crippen molar-refractivity contribution in [2.75, 3.05) is 44.3 Å². The summed E-state index contributed by atoms with van der Waals surface area (Å²) in [6, 6.07) is 8.24. The number of anilines is 1. The molecule has 4 atom stereocenters. The molecule has 0 radical (unpaired) electrons. The van der Waals surface area contributed by atoms with Crippen molar-refractivity contribution in [3.63, 3.8) is 0 Å². The summed E-state index contributed by atoms with van der Waals surface area (Å²) < 4.78 is 38.8.